The number of carbonyl (C=O) groups excluding carboxylic acids is 1. The molecule has 0 saturated carbocycles. The first-order chi connectivity index (χ1) is 8.75. The van der Waals surface area contributed by atoms with E-state index in [0.717, 1.165) is 26.1 Å². The average molecular weight is 251 g/mol. The zero-order valence-electron chi connectivity index (χ0n) is 10.4. The molecule has 0 radical (unpaired) electrons. The summed E-state index contributed by atoms with van der Waals surface area (Å²) in [5.41, 5.74) is 0. The maximum absolute atomic E-state index is 13.2. The molecule has 98 valence electrons. The summed E-state index contributed by atoms with van der Waals surface area (Å²) in [5, 5.41) is 0. The van der Waals surface area contributed by atoms with Crippen LogP contribution in [0.4, 0.5) is 4.39 Å². The van der Waals surface area contributed by atoms with E-state index in [-0.39, 0.29) is 5.82 Å². The molecule has 1 fully saturated rings. The number of hydrogen-bond acceptors (Lipinski definition) is 3. The monoisotopic (exact) mass is 251 g/mol. The number of likely N-dealkylation sites (tertiary alicyclic amines) is 1. The first kappa shape index (κ1) is 13.0. The Hall–Kier alpha value is -1.42. The first-order valence-electron chi connectivity index (χ1n) is 6.37. The van der Waals surface area contributed by atoms with Gasteiger partial charge >= 0.3 is 0 Å². The second-order valence-corrected chi connectivity index (χ2v) is 4.51. The zero-order valence-corrected chi connectivity index (χ0v) is 10.4. The summed E-state index contributed by atoms with van der Waals surface area (Å²) in [7, 11) is 0. The van der Waals surface area contributed by atoms with E-state index in [1.807, 2.05) is 0 Å². The van der Waals surface area contributed by atoms with E-state index in [2.05, 4.69) is 4.90 Å². The van der Waals surface area contributed by atoms with Crippen LogP contribution in [0.2, 0.25) is 0 Å². The van der Waals surface area contributed by atoms with Crippen molar-refractivity contribution < 1.29 is 13.9 Å². The fraction of sp³-hybridized carbons (Fsp3) is 0.500. The van der Waals surface area contributed by atoms with Crippen LogP contribution < -0.4 is 4.74 Å². The predicted octanol–water partition coefficient (Wildman–Crippen LogP) is 2.26. The molecule has 1 saturated heterocycles. The molecule has 0 N–H and O–H groups in total. The Morgan fingerprint density at radius 1 is 1.22 bits per heavy atom. The van der Waals surface area contributed by atoms with Crippen molar-refractivity contribution in [3.8, 4) is 5.75 Å². The van der Waals surface area contributed by atoms with E-state index in [1.165, 1.54) is 6.07 Å². The lowest BCUT2D eigenvalue weighted by molar-refractivity contribution is -0.121. The highest BCUT2D eigenvalue weighted by Gasteiger charge is 2.15. The Morgan fingerprint density at radius 3 is 2.67 bits per heavy atom. The summed E-state index contributed by atoms with van der Waals surface area (Å²) in [6.45, 7) is 3.10. The molecule has 1 aliphatic rings. The highest BCUT2D eigenvalue weighted by atomic mass is 19.1. The van der Waals surface area contributed by atoms with Gasteiger partial charge in [-0.15, -0.1) is 0 Å². The summed E-state index contributed by atoms with van der Waals surface area (Å²) in [4.78, 5) is 13.3. The summed E-state index contributed by atoms with van der Waals surface area (Å²) in [6, 6.07) is 6.43. The molecule has 18 heavy (non-hydrogen) atoms. The molecular formula is C14H18FNO2. The van der Waals surface area contributed by atoms with E-state index in [4.69, 9.17) is 4.74 Å². The number of para-hydroxylation sites is 1. The maximum Gasteiger partial charge on any atom is 0.165 e. The van der Waals surface area contributed by atoms with E-state index in [0.29, 0.717) is 31.0 Å². The van der Waals surface area contributed by atoms with Gasteiger partial charge in [-0.05, 0) is 18.6 Å². The van der Waals surface area contributed by atoms with E-state index in [1.54, 1.807) is 18.2 Å². The molecule has 0 unspecified atom stereocenters. The number of piperidine rings is 1. The summed E-state index contributed by atoms with van der Waals surface area (Å²) in [6.07, 6.45) is 2.17. The van der Waals surface area contributed by atoms with Crippen LogP contribution in [0, 0.1) is 5.82 Å². The highest BCUT2D eigenvalue weighted by molar-refractivity contribution is 5.79. The number of ketones is 1. The number of halogens is 1. The minimum absolute atomic E-state index is 0.311. The van der Waals surface area contributed by atoms with Crippen LogP contribution in [0.15, 0.2) is 24.3 Å². The molecule has 0 aliphatic carbocycles. The normalized spacial score (nSPS) is 16.8. The van der Waals surface area contributed by atoms with Crippen molar-refractivity contribution in [2.24, 2.45) is 0 Å². The van der Waals surface area contributed by atoms with Crippen LogP contribution in [0.1, 0.15) is 19.3 Å². The minimum Gasteiger partial charge on any atom is -0.490 e. The van der Waals surface area contributed by atoms with Crippen molar-refractivity contribution in [3.05, 3.63) is 30.1 Å². The van der Waals surface area contributed by atoms with Gasteiger partial charge < -0.3 is 9.64 Å². The molecule has 1 heterocycles. The van der Waals surface area contributed by atoms with Gasteiger partial charge in [0.15, 0.2) is 11.6 Å². The standard InChI is InChI=1S/C14H18FNO2/c15-13-4-1-2-5-14(13)18-11-3-8-16-9-6-12(17)7-10-16/h1-2,4-5H,3,6-11H2. The number of hydrogen-bond donors (Lipinski definition) is 0. The molecule has 0 aromatic heterocycles. The number of carbonyl (C=O) groups is 1. The number of rotatable bonds is 5. The molecule has 0 spiro atoms. The largest absolute Gasteiger partial charge is 0.490 e. The van der Waals surface area contributed by atoms with E-state index < -0.39 is 0 Å². The summed E-state index contributed by atoms with van der Waals surface area (Å²) in [5.74, 6) is 0.348. The fourth-order valence-electron chi connectivity index (χ4n) is 2.06. The van der Waals surface area contributed by atoms with Crippen LogP contribution in [-0.2, 0) is 4.79 Å². The summed E-state index contributed by atoms with van der Waals surface area (Å²) >= 11 is 0. The minimum atomic E-state index is -0.318. The van der Waals surface area contributed by atoms with Crippen molar-refractivity contribution >= 4 is 5.78 Å². The van der Waals surface area contributed by atoms with E-state index >= 15 is 0 Å². The molecule has 0 atom stereocenters. The topological polar surface area (TPSA) is 29.5 Å². The number of nitrogens with zero attached hydrogens (tertiary/aromatic N) is 1. The third-order valence-corrected chi connectivity index (χ3v) is 3.13. The molecular weight excluding hydrogens is 233 g/mol. The number of benzene rings is 1. The van der Waals surface area contributed by atoms with Gasteiger partial charge in [0.25, 0.3) is 0 Å². The van der Waals surface area contributed by atoms with Crippen LogP contribution in [-0.4, -0.2) is 36.9 Å². The Labute approximate surface area is 107 Å². The lowest BCUT2D eigenvalue weighted by Gasteiger charge is -2.25. The molecule has 0 amide bonds. The highest BCUT2D eigenvalue weighted by Crippen LogP contribution is 2.15. The second kappa shape index (κ2) is 6.50. The lowest BCUT2D eigenvalue weighted by Crippen LogP contribution is -2.35. The third-order valence-electron chi connectivity index (χ3n) is 3.13. The molecule has 1 aromatic rings. The third kappa shape index (κ3) is 3.81. The van der Waals surface area contributed by atoms with Gasteiger partial charge in [0.05, 0.1) is 6.61 Å². The van der Waals surface area contributed by atoms with Crippen molar-refractivity contribution in [2.75, 3.05) is 26.2 Å². The van der Waals surface area contributed by atoms with Crippen LogP contribution in [0.5, 0.6) is 5.75 Å². The van der Waals surface area contributed by atoms with Crippen molar-refractivity contribution in [3.63, 3.8) is 0 Å². The van der Waals surface area contributed by atoms with Crippen molar-refractivity contribution in [1.82, 2.24) is 4.90 Å². The van der Waals surface area contributed by atoms with Crippen LogP contribution in [0.3, 0.4) is 0 Å². The molecule has 4 heteroatoms. The van der Waals surface area contributed by atoms with Gasteiger partial charge in [-0.1, -0.05) is 12.1 Å². The Bertz CT molecular complexity index is 399. The fourth-order valence-corrected chi connectivity index (χ4v) is 2.06. The van der Waals surface area contributed by atoms with Crippen LogP contribution >= 0.6 is 0 Å². The van der Waals surface area contributed by atoms with E-state index in [9.17, 15) is 9.18 Å². The predicted molar refractivity (Wildman–Crippen MR) is 67.2 cm³/mol. The Morgan fingerprint density at radius 2 is 1.94 bits per heavy atom. The molecule has 0 bridgehead atoms. The SMILES string of the molecule is O=C1CCN(CCCOc2ccccc2F)CC1. The Balaban J connectivity index is 1.64. The lowest BCUT2D eigenvalue weighted by atomic mass is 10.1. The van der Waals surface area contributed by atoms with Gasteiger partial charge in [0, 0.05) is 32.5 Å². The molecule has 2 rings (SSSR count). The molecule has 1 aromatic carbocycles. The molecule has 3 nitrogen and oxygen atoms in total. The smallest absolute Gasteiger partial charge is 0.165 e. The maximum atomic E-state index is 13.2. The summed E-state index contributed by atoms with van der Waals surface area (Å²) < 4.78 is 18.6. The molecule has 1 aliphatic heterocycles. The van der Waals surface area contributed by atoms with Gasteiger partial charge in [-0.2, -0.15) is 0 Å². The van der Waals surface area contributed by atoms with Crippen molar-refractivity contribution in [1.29, 1.82) is 0 Å². The zero-order chi connectivity index (χ0) is 12.8. The number of ether oxygens (including phenoxy) is 1. The average Bonchev–Trinajstić information content (AvgIpc) is 2.39. The van der Waals surface area contributed by atoms with Crippen molar-refractivity contribution in [2.45, 2.75) is 19.3 Å². The van der Waals surface area contributed by atoms with Gasteiger partial charge in [0.1, 0.15) is 5.78 Å². The van der Waals surface area contributed by atoms with Crippen LogP contribution in [0.25, 0.3) is 0 Å². The first-order valence-corrected chi connectivity index (χ1v) is 6.37. The van der Waals surface area contributed by atoms with Gasteiger partial charge in [-0.25, -0.2) is 4.39 Å². The Kier molecular flexibility index (Phi) is 4.70. The quantitative estimate of drug-likeness (QED) is 0.752. The van der Waals surface area contributed by atoms with Gasteiger partial charge in [-0.3, -0.25) is 4.79 Å². The second-order valence-electron chi connectivity index (χ2n) is 4.51. The number of Topliss-reactive ketones (excluding diaryl/α,β-unsaturated/α-hetero) is 1. The van der Waals surface area contributed by atoms with Gasteiger partial charge in [0.2, 0.25) is 0 Å².